The van der Waals surface area contributed by atoms with Gasteiger partial charge in [0.2, 0.25) is 0 Å². The van der Waals surface area contributed by atoms with Crippen LogP contribution in [0.5, 0.6) is 0 Å². The zero-order valence-electron chi connectivity index (χ0n) is 10.5. The molecule has 0 amide bonds. The molecule has 0 saturated heterocycles. The molecule has 1 heterocycles. The first-order valence-electron chi connectivity index (χ1n) is 6.27. The van der Waals surface area contributed by atoms with E-state index < -0.39 is 0 Å². The summed E-state index contributed by atoms with van der Waals surface area (Å²) in [6.07, 6.45) is 6.12. The number of carbonyl (C=O) groups excluding carboxylic acids is 1. The monoisotopic (exact) mass is 254 g/mol. The molecule has 1 aromatic heterocycles. The number of rotatable bonds is 4. The SMILES string of the molecule is Cc1nn(C)c(CC(=O)CC2CCCC2)c1Cl. The second-order valence-electron chi connectivity index (χ2n) is 5.04. The molecular formula is C13H19ClN2O. The molecule has 0 spiro atoms. The van der Waals surface area contributed by atoms with Crippen molar-refractivity contribution in [3.05, 3.63) is 16.4 Å². The maximum absolute atomic E-state index is 12.0. The largest absolute Gasteiger partial charge is 0.299 e. The van der Waals surface area contributed by atoms with Crippen molar-refractivity contribution in [2.75, 3.05) is 0 Å². The third-order valence-corrected chi connectivity index (χ3v) is 4.11. The maximum atomic E-state index is 12.0. The molecule has 1 aliphatic rings. The average molecular weight is 255 g/mol. The van der Waals surface area contributed by atoms with Crippen LogP contribution >= 0.6 is 11.6 Å². The quantitative estimate of drug-likeness (QED) is 0.828. The third-order valence-electron chi connectivity index (χ3n) is 3.62. The predicted molar refractivity (Wildman–Crippen MR) is 68.2 cm³/mol. The minimum Gasteiger partial charge on any atom is -0.299 e. The molecule has 0 unspecified atom stereocenters. The van der Waals surface area contributed by atoms with E-state index in [1.54, 1.807) is 4.68 Å². The van der Waals surface area contributed by atoms with Crippen molar-refractivity contribution in [1.29, 1.82) is 0 Å². The van der Waals surface area contributed by atoms with Crippen molar-refractivity contribution in [3.63, 3.8) is 0 Å². The number of aromatic nitrogens is 2. The van der Waals surface area contributed by atoms with E-state index in [0.717, 1.165) is 11.4 Å². The highest BCUT2D eigenvalue weighted by Crippen LogP contribution is 2.28. The summed E-state index contributed by atoms with van der Waals surface area (Å²) in [6.45, 7) is 1.87. The first-order valence-corrected chi connectivity index (χ1v) is 6.65. The molecule has 0 aromatic carbocycles. The summed E-state index contributed by atoms with van der Waals surface area (Å²) < 4.78 is 1.73. The van der Waals surface area contributed by atoms with E-state index in [1.165, 1.54) is 25.7 Å². The minimum absolute atomic E-state index is 0.293. The number of Topliss-reactive ketones (excluding diaryl/α,β-unsaturated/α-hetero) is 1. The summed E-state index contributed by atoms with van der Waals surface area (Å²) in [5, 5.41) is 4.87. The normalized spacial score (nSPS) is 16.6. The highest BCUT2D eigenvalue weighted by molar-refractivity contribution is 6.32. The van der Waals surface area contributed by atoms with Crippen LogP contribution in [0.1, 0.15) is 43.5 Å². The van der Waals surface area contributed by atoms with Gasteiger partial charge in [0.25, 0.3) is 0 Å². The van der Waals surface area contributed by atoms with Gasteiger partial charge in [0.05, 0.1) is 16.4 Å². The standard InChI is InChI=1S/C13H19ClN2O/c1-9-13(14)12(16(2)15-9)8-11(17)7-10-5-3-4-6-10/h10H,3-8H2,1-2H3. The Morgan fingerprint density at radius 2 is 2.12 bits per heavy atom. The number of ketones is 1. The number of hydrogen-bond acceptors (Lipinski definition) is 2. The second kappa shape index (κ2) is 5.21. The van der Waals surface area contributed by atoms with E-state index in [2.05, 4.69) is 5.10 Å². The van der Waals surface area contributed by atoms with Gasteiger partial charge >= 0.3 is 0 Å². The van der Waals surface area contributed by atoms with Gasteiger partial charge in [0.15, 0.2) is 0 Å². The van der Waals surface area contributed by atoms with Crippen LogP contribution in [0.2, 0.25) is 5.02 Å². The molecule has 1 fully saturated rings. The van der Waals surface area contributed by atoms with E-state index in [1.807, 2.05) is 14.0 Å². The fourth-order valence-corrected chi connectivity index (χ4v) is 2.89. The van der Waals surface area contributed by atoms with Gasteiger partial charge in [-0.25, -0.2) is 0 Å². The number of hydrogen-bond donors (Lipinski definition) is 0. The van der Waals surface area contributed by atoms with Crippen molar-refractivity contribution in [3.8, 4) is 0 Å². The van der Waals surface area contributed by atoms with Crippen LogP contribution in [-0.4, -0.2) is 15.6 Å². The van der Waals surface area contributed by atoms with Crippen LogP contribution in [-0.2, 0) is 18.3 Å². The molecule has 0 atom stereocenters. The van der Waals surface area contributed by atoms with Gasteiger partial charge in [-0.3, -0.25) is 9.48 Å². The van der Waals surface area contributed by atoms with Crippen LogP contribution in [0.3, 0.4) is 0 Å². The van der Waals surface area contributed by atoms with Gasteiger partial charge < -0.3 is 0 Å². The molecule has 17 heavy (non-hydrogen) atoms. The van der Waals surface area contributed by atoms with Crippen LogP contribution in [0.15, 0.2) is 0 Å². The lowest BCUT2D eigenvalue weighted by molar-refractivity contribution is -0.119. The fraction of sp³-hybridized carbons (Fsp3) is 0.692. The molecule has 4 heteroatoms. The number of carbonyl (C=O) groups is 1. The van der Waals surface area contributed by atoms with E-state index in [9.17, 15) is 4.79 Å². The Labute approximate surface area is 107 Å². The molecule has 0 bridgehead atoms. The summed E-state index contributed by atoms with van der Waals surface area (Å²) in [4.78, 5) is 12.0. The number of nitrogens with zero attached hydrogens (tertiary/aromatic N) is 2. The zero-order chi connectivity index (χ0) is 12.4. The summed E-state index contributed by atoms with van der Waals surface area (Å²) >= 11 is 6.14. The predicted octanol–water partition coefficient (Wildman–Crippen LogP) is 3.07. The van der Waals surface area contributed by atoms with Crippen molar-refractivity contribution in [2.45, 2.75) is 45.4 Å². The smallest absolute Gasteiger partial charge is 0.139 e. The second-order valence-corrected chi connectivity index (χ2v) is 5.42. The summed E-state index contributed by atoms with van der Waals surface area (Å²) in [7, 11) is 1.84. The van der Waals surface area contributed by atoms with E-state index in [-0.39, 0.29) is 0 Å². The Morgan fingerprint density at radius 3 is 2.65 bits per heavy atom. The lowest BCUT2D eigenvalue weighted by Crippen LogP contribution is -2.11. The van der Waals surface area contributed by atoms with Gasteiger partial charge in [-0.05, 0) is 12.8 Å². The Balaban J connectivity index is 1.97. The van der Waals surface area contributed by atoms with Gasteiger partial charge in [0, 0.05) is 19.9 Å². The maximum Gasteiger partial charge on any atom is 0.139 e. The Bertz CT molecular complexity index is 419. The highest BCUT2D eigenvalue weighted by Gasteiger charge is 2.20. The lowest BCUT2D eigenvalue weighted by atomic mass is 9.99. The minimum atomic E-state index is 0.293. The Morgan fingerprint density at radius 1 is 1.47 bits per heavy atom. The molecule has 1 aromatic rings. The average Bonchev–Trinajstić information content (AvgIpc) is 2.83. The van der Waals surface area contributed by atoms with Gasteiger partial charge in [-0.15, -0.1) is 0 Å². The Hall–Kier alpha value is -0.830. The third kappa shape index (κ3) is 2.89. The van der Waals surface area contributed by atoms with Gasteiger partial charge in [-0.1, -0.05) is 37.3 Å². The lowest BCUT2D eigenvalue weighted by Gasteiger charge is -2.08. The Kier molecular flexibility index (Phi) is 3.87. The molecule has 2 rings (SSSR count). The number of aryl methyl sites for hydroxylation is 2. The van der Waals surface area contributed by atoms with Crippen LogP contribution in [0.4, 0.5) is 0 Å². The van der Waals surface area contributed by atoms with E-state index in [0.29, 0.717) is 29.6 Å². The van der Waals surface area contributed by atoms with Crippen molar-refractivity contribution < 1.29 is 4.79 Å². The van der Waals surface area contributed by atoms with Crippen molar-refractivity contribution in [1.82, 2.24) is 9.78 Å². The number of halogens is 1. The molecular weight excluding hydrogens is 236 g/mol. The summed E-state index contributed by atoms with van der Waals surface area (Å²) in [5.41, 5.74) is 1.66. The van der Waals surface area contributed by atoms with Gasteiger partial charge in [0.1, 0.15) is 5.78 Å². The summed E-state index contributed by atoms with van der Waals surface area (Å²) in [5.74, 6) is 0.900. The molecule has 1 saturated carbocycles. The molecule has 0 N–H and O–H groups in total. The highest BCUT2D eigenvalue weighted by atomic mass is 35.5. The van der Waals surface area contributed by atoms with E-state index >= 15 is 0 Å². The van der Waals surface area contributed by atoms with Crippen LogP contribution in [0.25, 0.3) is 0 Å². The molecule has 94 valence electrons. The molecule has 1 aliphatic carbocycles. The first kappa shape index (κ1) is 12.6. The summed E-state index contributed by atoms with van der Waals surface area (Å²) in [6, 6.07) is 0. The molecule has 0 aliphatic heterocycles. The molecule has 3 nitrogen and oxygen atoms in total. The van der Waals surface area contributed by atoms with Crippen LogP contribution in [0, 0.1) is 12.8 Å². The van der Waals surface area contributed by atoms with Crippen LogP contribution < -0.4 is 0 Å². The zero-order valence-corrected chi connectivity index (χ0v) is 11.3. The van der Waals surface area contributed by atoms with Crippen molar-refractivity contribution in [2.24, 2.45) is 13.0 Å². The fourth-order valence-electron chi connectivity index (χ4n) is 2.67. The van der Waals surface area contributed by atoms with Crippen molar-refractivity contribution >= 4 is 17.4 Å². The van der Waals surface area contributed by atoms with E-state index in [4.69, 9.17) is 11.6 Å². The first-order chi connectivity index (χ1) is 8.08. The van der Waals surface area contributed by atoms with Gasteiger partial charge in [-0.2, -0.15) is 5.10 Å². The topological polar surface area (TPSA) is 34.9 Å². The molecule has 0 radical (unpaired) electrons.